The van der Waals surface area contributed by atoms with Crippen LogP contribution in [0.25, 0.3) is 0 Å². The molecule has 0 aliphatic heterocycles. The van der Waals surface area contributed by atoms with Gasteiger partial charge in [-0.05, 0) is 48.9 Å². The van der Waals surface area contributed by atoms with Crippen molar-refractivity contribution in [3.05, 3.63) is 51.4 Å². The molecule has 1 N–H and O–H groups in total. The second-order valence-electron chi connectivity index (χ2n) is 6.25. The number of thiophene rings is 1. The van der Waals surface area contributed by atoms with Gasteiger partial charge in [0.05, 0.1) is 11.3 Å². The number of rotatable bonds is 4. The second-order valence-corrected chi connectivity index (χ2v) is 9.50. The van der Waals surface area contributed by atoms with E-state index >= 15 is 0 Å². The first-order valence-corrected chi connectivity index (χ1v) is 10.9. The molecule has 1 aromatic heterocycles. The molecule has 0 unspecified atom stereocenters. The third-order valence-corrected chi connectivity index (χ3v) is 6.19. The molecule has 0 fully saturated rings. The Balaban J connectivity index is 1.85. The standard InChI is InChI=1S/C18H18N2O3S2/c1-25(22,23)11-12-5-4-6-13(9-12)17(21)20-18-15(10-19)14-7-2-3-8-16(14)24-18/h4-6,9H,2-3,7-8,11H2,1H3,(H,20,21). The van der Waals surface area contributed by atoms with E-state index in [0.29, 0.717) is 21.7 Å². The molecule has 1 aliphatic rings. The summed E-state index contributed by atoms with van der Waals surface area (Å²) in [6.07, 6.45) is 5.18. The first-order chi connectivity index (χ1) is 11.9. The van der Waals surface area contributed by atoms with Crippen molar-refractivity contribution < 1.29 is 13.2 Å². The van der Waals surface area contributed by atoms with Crippen LogP contribution in [-0.4, -0.2) is 20.6 Å². The molecular formula is C18H18N2O3S2. The molecule has 0 radical (unpaired) electrons. The Hall–Kier alpha value is -2.17. The average Bonchev–Trinajstić information content (AvgIpc) is 2.90. The van der Waals surface area contributed by atoms with Gasteiger partial charge in [-0.2, -0.15) is 5.26 Å². The zero-order chi connectivity index (χ0) is 18.0. The van der Waals surface area contributed by atoms with Crippen LogP contribution in [0.1, 0.15) is 44.8 Å². The Kier molecular flexibility index (Phi) is 4.93. The molecule has 1 aromatic carbocycles. The third kappa shape index (κ3) is 4.09. The van der Waals surface area contributed by atoms with Gasteiger partial charge in [-0.15, -0.1) is 11.3 Å². The normalized spacial score (nSPS) is 13.8. The molecule has 1 heterocycles. The Morgan fingerprint density at radius 3 is 2.80 bits per heavy atom. The van der Waals surface area contributed by atoms with Crippen LogP contribution >= 0.6 is 11.3 Å². The van der Waals surface area contributed by atoms with Crippen molar-refractivity contribution >= 4 is 32.1 Å². The predicted octanol–water partition coefficient (Wildman–Crippen LogP) is 3.30. The maximum Gasteiger partial charge on any atom is 0.256 e. The highest BCUT2D eigenvalue weighted by Gasteiger charge is 2.22. The van der Waals surface area contributed by atoms with E-state index in [2.05, 4.69) is 11.4 Å². The lowest BCUT2D eigenvalue weighted by molar-refractivity contribution is 0.102. The molecule has 1 amide bonds. The monoisotopic (exact) mass is 374 g/mol. The van der Waals surface area contributed by atoms with Crippen LogP contribution in [0.5, 0.6) is 0 Å². The Morgan fingerprint density at radius 2 is 2.08 bits per heavy atom. The summed E-state index contributed by atoms with van der Waals surface area (Å²) in [6.45, 7) is 0. The van der Waals surface area contributed by atoms with E-state index < -0.39 is 9.84 Å². The highest BCUT2D eigenvalue weighted by molar-refractivity contribution is 7.89. The van der Waals surface area contributed by atoms with Crippen LogP contribution in [-0.2, 0) is 28.4 Å². The van der Waals surface area contributed by atoms with Gasteiger partial charge < -0.3 is 5.32 Å². The lowest BCUT2D eigenvalue weighted by atomic mass is 9.96. The Bertz CT molecular complexity index is 969. The lowest BCUT2D eigenvalue weighted by Crippen LogP contribution is -2.12. The number of sulfone groups is 1. The number of carbonyl (C=O) groups is 1. The maximum absolute atomic E-state index is 12.5. The van der Waals surface area contributed by atoms with E-state index in [4.69, 9.17) is 0 Å². The van der Waals surface area contributed by atoms with Gasteiger partial charge in [0.25, 0.3) is 5.91 Å². The molecule has 0 saturated heterocycles. The summed E-state index contributed by atoms with van der Waals surface area (Å²) in [6, 6.07) is 8.79. The van der Waals surface area contributed by atoms with Crippen LogP contribution in [0.3, 0.4) is 0 Å². The molecular weight excluding hydrogens is 356 g/mol. The van der Waals surface area contributed by atoms with Crippen LogP contribution in [0.4, 0.5) is 5.00 Å². The molecule has 0 spiro atoms. The number of nitriles is 1. The maximum atomic E-state index is 12.5. The molecule has 2 aromatic rings. The SMILES string of the molecule is CS(=O)(=O)Cc1cccc(C(=O)Nc2sc3c(c2C#N)CCCC3)c1. The van der Waals surface area contributed by atoms with Gasteiger partial charge in [-0.3, -0.25) is 4.79 Å². The first-order valence-electron chi connectivity index (χ1n) is 8.00. The topological polar surface area (TPSA) is 87.0 Å². The van der Waals surface area contributed by atoms with Gasteiger partial charge in [0.1, 0.15) is 11.1 Å². The van der Waals surface area contributed by atoms with Crippen LogP contribution in [0.15, 0.2) is 24.3 Å². The number of benzene rings is 1. The zero-order valence-electron chi connectivity index (χ0n) is 13.8. The molecule has 0 atom stereocenters. The predicted molar refractivity (Wildman–Crippen MR) is 98.6 cm³/mol. The van der Waals surface area contributed by atoms with E-state index in [1.54, 1.807) is 24.3 Å². The lowest BCUT2D eigenvalue weighted by Gasteiger charge is -2.09. The zero-order valence-corrected chi connectivity index (χ0v) is 15.5. The van der Waals surface area contributed by atoms with Crippen molar-refractivity contribution in [2.45, 2.75) is 31.4 Å². The fraction of sp³-hybridized carbons (Fsp3) is 0.333. The van der Waals surface area contributed by atoms with Gasteiger partial charge in [0.2, 0.25) is 0 Å². The van der Waals surface area contributed by atoms with Crippen molar-refractivity contribution in [3.63, 3.8) is 0 Å². The van der Waals surface area contributed by atoms with Crippen molar-refractivity contribution in [2.75, 3.05) is 11.6 Å². The smallest absolute Gasteiger partial charge is 0.256 e. The number of nitrogens with zero attached hydrogens (tertiary/aromatic N) is 1. The number of nitrogens with one attached hydrogen (secondary N) is 1. The molecule has 0 saturated carbocycles. The summed E-state index contributed by atoms with van der Waals surface area (Å²) < 4.78 is 22.9. The minimum Gasteiger partial charge on any atom is -0.312 e. The van der Waals surface area contributed by atoms with E-state index in [-0.39, 0.29) is 11.7 Å². The molecule has 25 heavy (non-hydrogen) atoms. The second kappa shape index (κ2) is 6.98. The van der Waals surface area contributed by atoms with E-state index in [1.165, 1.54) is 16.2 Å². The number of amides is 1. The highest BCUT2D eigenvalue weighted by atomic mass is 32.2. The summed E-state index contributed by atoms with van der Waals surface area (Å²) in [7, 11) is -3.16. The van der Waals surface area contributed by atoms with Crippen molar-refractivity contribution in [1.82, 2.24) is 0 Å². The van der Waals surface area contributed by atoms with Gasteiger partial charge >= 0.3 is 0 Å². The van der Waals surface area contributed by atoms with Gasteiger partial charge in [0.15, 0.2) is 9.84 Å². The largest absolute Gasteiger partial charge is 0.312 e. The average molecular weight is 374 g/mol. The fourth-order valence-corrected chi connectivity index (χ4v) is 5.07. The number of anilines is 1. The van der Waals surface area contributed by atoms with Gasteiger partial charge in [0, 0.05) is 16.7 Å². The van der Waals surface area contributed by atoms with Crippen molar-refractivity contribution in [2.24, 2.45) is 0 Å². The summed E-state index contributed by atoms with van der Waals surface area (Å²) >= 11 is 1.47. The fourth-order valence-electron chi connectivity index (χ4n) is 3.05. The van der Waals surface area contributed by atoms with Crippen LogP contribution < -0.4 is 5.32 Å². The first kappa shape index (κ1) is 17.6. The minimum absolute atomic E-state index is 0.106. The van der Waals surface area contributed by atoms with Crippen LogP contribution in [0.2, 0.25) is 0 Å². The quantitative estimate of drug-likeness (QED) is 0.889. The summed E-state index contributed by atoms with van der Waals surface area (Å²) in [4.78, 5) is 13.7. The number of fused-ring (bicyclic) bond motifs is 1. The van der Waals surface area contributed by atoms with E-state index in [0.717, 1.165) is 37.5 Å². The molecule has 0 bridgehead atoms. The van der Waals surface area contributed by atoms with Crippen molar-refractivity contribution in [1.29, 1.82) is 5.26 Å². The summed E-state index contributed by atoms with van der Waals surface area (Å²) in [5.74, 6) is -0.435. The molecule has 130 valence electrons. The highest BCUT2D eigenvalue weighted by Crippen LogP contribution is 2.37. The molecule has 7 heteroatoms. The Labute approximate surface area is 151 Å². The van der Waals surface area contributed by atoms with Crippen molar-refractivity contribution in [3.8, 4) is 6.07 Å². The Morgan fingerprint density at radius 1 is 1.32 bits per heavy atom. The van der Waals surface area contributed by atoms with E-state index in [9.17, 15) is 18.5 Å². The number of hydrogen-bond donors (Lipinski definition) is 1. The van der Waals surface area contributed by atoms with Gasteiger partial charge in [-0.1, -0.05) is 12.1 Å². The number of carbonyl (C=O) groups excluding carboxylic acids is 1. The van der Waals surface area contributed by atoms with Gasteiger partial charge in [-0.25, -0.2) is 8.42 Å². The number of aryl methyl sites for hydroxylation is 1. The summed E-state index contributed by atoms with van der Waals surface area (Å²) in [5.41, 5.74) is 2.60. The molecule has 5 nitrogen and oxygen atoms in total. The summed E-state index contributed by atoms with van der Waals surface area (Å²) in [5, 5.41) is 12.9. The minimum atomic E-state index is -3.16. The third-order valence-electron chi connectivity index (χ3n) is 4.13. The molecule has 1 aliphatic carbocycles. The molecule has 3 rings (SSSR count). The van der Waals surface area contributed by atoms with E-state index in [1.807, 2.05) is 0 Å². The number of hydrogen-bond acceptors (Lipinski definition) is 5. The van der Waals surface area contributed by atoms with Crippen LogP contribution in [0, 0.1) is 11.3 Å².